The second-order valence-corrected chi connectivity index (χ2v) is 5.85. The quantitative estimate of drug-likeness (QED) is 0.676. The molecule has 0 unspecified atom stereocenters. The molecule has 0 spiro atoms. The van der Waals surface area contributed by atoms with Crippen LogP contribution in [0.25, 0.3) is 0 Å². The van der Waals surface area contributed by atoms with Crippen molar-refractivity contribution < 1.29 is 17.6 Å². The lowest BCUT2D eigenvalue weighted by Crippen LogP contribution is -2.13. The van der Waals surface area contributed by atoms with Gasteiger partial charge in [-0.3, -0.25) is 4.57 Å². The summed E-state index contributed by atoms with van der Waals surface area (Å²) in [7, 11) is -3.79. The maximum absolute atomic E-state index is 11.0. The van der Waals surface area contributed by atoms with Gasteiger partial charge in [-0.15, -0.1) is 0 Å². The Labute approximate surface area is 66.1 Å². The predicted molar refractivity (Wildman–Crippen MR) is 41.1 cm³/mol. The molecule has 1 aliphatic heterocycles. The van der Waals surface area contributed by atoms with Crippen LogP contribution in [-0.4, -0.2) is 17.9 Å². The molecule has 0 aromatic heterocycles. The van der Waals surface area contributed by atoms with Crippen LogP contribution in [0.2, 0.25) is 0 Å². The number of aliphatic hydroxyl groups is 1. The highest BCUT2D eigenvalue weighted by Crippen LogP contribution is 2.59. The third-order valence-electron chi connectivity index (χ3n) is 0.939. The van der Waals surface area contributed by atoms with Crippen molar-refractivity contribution in [1.82, 2.24) is 0 Å². The highest BCUT2D eigenvalue weighted by molar-refractivity contribution is 8.28. The van der Waals surface area contributed by atoms with Crippen molar-refractivity contribution in [3.8, 4) is 0 Å². The molecule has 60 valence electrons. The summed E-state index contributed by atoms with van der Waals surface area (Å²) in [5, 5.41) is 8.36. The van der Waals surface area contributed by atoms with Crippen LogP contribution in [0.4, 0.5) is 0 Å². The van der Waals surface area contributed by atoms with Gasteiger partial charge in [0.15, 0.2) is 10.0 Å². The van der Waals surface area contributed by atoms with Crippen LogP contribution < -0.4 is 0 Å². The van der Waals surface area contributed by atoms with Gasteiger partial charge < -0.3 is 5.11 Å². The number of hydrogen-bond donors (Lipinski definition) is 1. The van der Waals surface area contributed by atoms with Gasteiger partial charge >= 0.3 is 7.60 Å². The zero-order valence-electron chi connectivity index (χ0n) is 5.06. The van der Waals surface area contributed by atoms with Gasteiger partial charge in [0.2, 0.25) is 0 Å². The van der Waals surface area contributed by atoms with E-state index in [0.717, 1.165) is 0 Å². The number of rotatable bonds is 3. The summed E-state index contributed by atoms with van der Waals surface area (Å²) in [6.45, 7) is 0.00190. The lowest BCUT2D eigenvalue weighted by atomic mass is 10.5. The fraction of sp³-hybridized carbons (Fsp3) is 1.00. The lowest BCUT2D eigenvalue weighted by Gasteiger charge is -2.25. The summed E-state index contributed by atoms with van der Waals surface area (Å²) >= 11 is 4.51. The van der Waals surface area contributed by atoms with E-state index in [-0.39, 0.29) is 12.8 Å². The molecule has 1 saturated heterocycles. The molecule has 0 aromatic carbocycles. The molecule has 1 rings (SSSR count). The van der Waals surface area contributed by atoms with Crippen molar-refractivity contribution in [3.05, 3.63) is 0 Å². The first-order valence-electron chi connectivity index (χ1n) is 2.68. The number of aliphatic hydroxyl groups excluding tert-OH is 1. The summed E-state index contributed by atoms with van der Waals surface area (Å²) < 4.78 is 20.4. The molecule has 7 heteroatoms. The van der Waals surface area contributed by atoms with Gasteiger partial charge in [-0.1, -0.05) is 0 Å². The zero-order chi connectivity index (χ0) is 7.61. The van der Waals surface area contributed by atoms with Crippen LogP contribution in [0.5, 0.6) is 0 Å². The van der Waals surface area contributed by atoms with Gasteiger partial charge in [0.25, 0.3) is 0 Å². The molecule has 1 heterocycles. The van der Waals surface area contributed by atoms with Gasteiger partial charge in [0.1, 0.15) is 0 Å². The third kappa shape index (κ3) is 2.08. The Kier molecular flexibility index (Phi) is 2.97. The fourth-order valence-corrected chi connectivity index (χ4v) is 4.85. The van der Waals surface area contributed by atoms with Gasteiger partial charge in [-0.25, -0.2) is 7.94 Å². The second kappa shape index (κ2) is 3.38. The van der Waals surface area contributed by atoms with Crippen molar-refractivity contribution in [2.75, 3.05) is 12.8 Å². The normalized spacial score (nSPS) is 39.1. The average molecular weight is 202 g/mol. The Bertz CT molecular complexity index is 181. The summed E-state index contributed by atoms with van der Waals surface area (Å²) in [4.78, 5) is 0. The molecular formula is C3H7O4PS2. The minimum atomic E-state index is -2.82. The van der Waals surface area contributed by atoms with Crippen molar-refractivity contribution in [3.63, 3.8) is 0 Å². The van der Waals surface area contributed by atoms with E-state index in [1.54, 1.807) is 0 Å². The third-order valence-corrected chi connectivity index (χ3v) is 5.69. The fourth-order valence-electron chi connectivity index (χ4n) is 0.530. The Balaban J connectivity index is 2.28. The molecule has 0 aliphatic carbocycles. The molecule has 10 heavy (non-hydrogen) atoms. The Morgan fingerprint density at radius 1 is 1.60 bits per heavy atom. The van der Waals surface area contributed by atoms with Crippen molar-refractivity contribution in [2.24, 2.45) is 0 Å². The Morgan fingerprint density at radius 3 is 2.60 bits per heavy atom. The molecule has 0 saturated carbocycles. The molecule has 0 amide bonds. The Morgan fingerprint density at radius 2 is 2.20 bits per heavy atom. The molecule has 1 N–H and O–H groups in total. The summed E-state index contributed by atoms with van der Waals surface area (Å²) in [5.74, 6) is 0. The first-order valence-corrected chi connectivity index (χ1v) is 6.41. The zero-order valence-corrected chi connectivity index (χ0v) is 7.58. The summed E-state index contributed by atoms with van der Waals surface area (Å²) in [6, 6.07) is 0. The Hall–Kier alpha value is 0.680. The lowest BCUT2D eigenvalue weighted by molar-refractivity contribution is 0.287. The van der Waals surface area contributed by atoms with Crippen LogP contribution in [0.1, 0.15) is 6.42 Å². The first kappa shape index (κ1) is 8.77. The van der Waals surface area contributed by atoms with Crippen molar-refractivity contribution >= 4 is 28.8 Å². The molecule has 0 bridgehead atoms. The molecule has 0 radical (unpaired) electrons. The maximum atomic E-state index is 11.0. The average Bonchev–Trinajstić information content (AvgIpc) is 1.81. The van der Waals surface area contributed by atoms with E-state index >= 15 is 0 Å². The monoisotopic (exact) mass is 202 g/mol. The first-order chi connectivity index (χ1) is 4.66. The predicted octanol–water partition coefficient (Wildman–Crippen LogP) is 0.519. The molecule has 1 aliphatic rings. The molecule has 4 nitrogen and oxygen atoms in total. The number of hydrogen-bond acceptors (Lipinski definition) is 5. The minimum absolute atomic E-state index is 0.00190. The van der Waals surface area contributed by atoms with Crippen LogP contribution in [0.3, 0.4) is 0 Å². The minimum Gasteiger partial charge on any atom is -0.396 e. The molecule has 0 atom stereocenters. The van der Waals surface area contributed by atoms with Crippen LogP contribution in [0, 0.1) is 0 Å². The van der Waals surface area contributed by atoms with Crippen LogP contribution in [0.15, 0.2) is 0 Å². The highest BCUT2D eigenvalue weighted by Gasteiger charge is 2.38. The molecule has 1 fully saturated rings. The van der Waals surface area contributed by atoms with E-state index in [1.165, 1.54) is 0 Å². The highest BCUT2D eigenvalue weighted by atomic mass is 32.8. The summed E-state index contributed by atoms with van der Waals surface area (Å²) in [5.41, 5.74) is 0. The van der Waals surface area contributed by atoms with Crippen molar-refractivity contribution in [2.45, 2.75) is 6.42 Å². The van der Waals surface area contributed by atoms with Gasteiger partial charge in [-0.2, -0.15) is 0 Å². The standard InChI is InChI=1S/C3H7O4PS2/c4-2-1-3-8(5)6-10(9)7-8/h4H,1-3H2. The maximum Gasteiger partial charge on any atom is 0.356 e. The SMILES string of the molecule is O=P1(CCCO)OS(=S)O1. The van der Waals surface area contributed by atoms with E-state index in [9.17, 15) is 4.57 Å². The van der Waals surface area contributed by atoms with E-state index in [2.05, 4.69) is 11.2 Å². The second-order valence-electron chi connectivity index (χ2n) is 1.76. The topological polar surface area (TPSA) is 55.8 Å². The van der Waals surface area contributed by atoms with E-state index in [4.69, 9.17) is 13.0 Å². The smallest absolute Gasteiger partial charge is 0.356 e. The molecule has 0 aromatic rings. The molecular weight excluding hydrogens is 195 g/mol. The van der Waals surface area contributed by atoms with E-state index in [0.29, 0.717) is 6.42 Å². The van der Waals surface area contributed by atoms with E-state index < -0.39 is 17.6 Å². The van der Waals surface area contributed by atoms with Gasteiger partial charge in [-0.05, 0) is 6.42 Å². The van der Waals surface area contributed by atoms with Crippen LogP contribution in [-0.2, 0) is 33.7 Å². The summed E-state index contributed by atoms with van der Waals surface area (Å²) in [6.07, 6.45) is 0.702. The van der Waals surface area contributed by atoms with E-state index in [1.807, 2.05) is 0 Å². The van der Waals surface area contributed by atoms with Crippen molar-refractivity contribution in [1.29, 1.82) is 0 Å². The largest absolute Gasteiger partial charge is 0.396 e. The van der Waals surface area contributed by atoms with Crippen LogP contribution >= 0.6 is 7.60 Å². The van der Waals surface area contributed by atoms with Gasteiger partial charge in [0, 0.05) is 17.8 Å². The van der Waals surface area contributed by atoms with Gasteiger partial charge in [0.05, 0.1) is 6.16 Å².